The minimum absolute atomic E-state index is 0.292. The van der Waals surface area contributed by atoms with Gasteiger partial charge in [-0.25, -0.2) is 4.98 Å². The number of halogens is 3. The van der Waals surface area contributed by atoms with Gasteiger partial charge in [-0.3, -0.25) is 5.10 Å². The van der Waals surface area contributed by atoms with Crippen molar-refractivity contribution in [2.24, 2.45) is 0 Å². The summed E-state index contributed by atoms with van der Waals surface area (Å²) in [6.07, 6.45) is -2.04. The summed E-state index contributed by atoms with van der Waals surface area (Å²) in [5.41, 5.74) is 0.0521. The predicted octanol–water partition coefficient (Wildman–Crippen LogP) is 2.91. The van der Waals surface area contributed by atoms with Crippen LogP contribution in [0, 0.1) is 0 Å². The number of hydrogen-bond donors (Lipinski definition) is 2. The second-order valence-electron chi connectivity index (χ2n) is 4.38. The maximum absolute atomic E-state index is 12.6. The third kappa shape index (κ3) is 3.36. The van der Waals surface area contributed by atoms with Crippen LogP contribution in [0.1, 0.15) is 36.3 Å². The van der Waals surface area contributed by atoms with Crippen LogP contribution in [0.15, 0.2) is 30.6 Å². The van der Waals surface area contributed by atoms with Gasteiger partial charge < -0.3 is 5.32 Å². The molecule has 4 nitrogen and oxygen atoms in total. The molecule has 0 fully saturated rings. The molecule has 0 spiro atoms. The number of benzene rings is 1. The normalized spacial score (nSPS) is 13.4. The van der Waals surface area contributed by atoms with Crippen molar-refractivity contribution in [3.63, 3.8) is 0 Å². The smallest absolute Gasteiger partial charge is 0.304 e. The number of aromatic nitrogens is 3. The van der Waals surface area contributed by atoms with Crippen molar-refractivity contribution in [3.05, 3.63) is 47.5 Å². The Morgan fingerprint density at radius 1 is 1.25 bits per heavy atom. The van der Waals surface area contributed by atoms with Gasteiger partial charge in [0.1, 0.15) is 12.2 Å². The molecule has 1 heterocycles. The van der Waals surface area contributed by atoms with Gasteiger partial charge in [-0.15, -0.1) is 0 Å². The van der Waals surface area contributed by atoms with E-state index in [0.29, 0.717) is 11.4 Å². The summed E-state index contributed by atoms with van der Waals surface area (Å²) in [4.78, 5) is 4.07. The number of H-pyrrole nitrogens is 1. The predicted molar refractivity (Wildman–Crippen MR) is 68.0 cm³/mol. The molecular weight excluding hydrogens is 269 g/mol. The first-order chi connectivity index (χ1) is 9.52. The highest BCUT2D eigenvalue weighted by atomic mass is 19.4. The summed E-state index contributed by atoms with van der Waals surface area (Å²) in [7, 11) is 0. The van der Waals surface area contributed by atoms with Gasteiger partial charge in [0.15, 0.2) is 0 Å². The minimum atomic E-state index is -4.32. The number of nitrogens with one attached hydrogen (secondary N) is 2. The molecule has 1 aromatic carbocycles. The van der Waals surface area contributed by atoms with Gasteiger partial charge >= 0.3 is 6.18 Å². The molecule has 0 bridgehead atoms. The third-order valence-corrected chi connectivity index (χ3v) is 2.88. The molecular formula is C13H15F3N4. The van der Waals surface area contributed by atoms with Crippen LogP contribution in [-0.4, -0.2) is 21.7 Å². The van der Waals surface area contributed by atoms with E-state index in [2.05, 4.69) is 20.5 Å². The number of hydrogen-bond acceptors (Lipinski definition) is 3. The lowest BCUT2D eigenvalue weighted by Crippen LogP contribution is -2.24. The van der Waals surface area contributed by atoms with Crippen LogP contribution in [0.4, 0.5) is 13.2 Å². The Balaban J connectivity index is 2.25. The van der Waals surface area contributed by atoms with Gasteiger partial charge in [0, 0.05) is 0 Å². The average molecular weight is 284 g/mol. The van der Waals surface area contributed by atoms with E-state index in [1.807, 2.05) is 6.92 Å². The Hall–Kier alpha value is -1.89. The summed E-state index contributed by atoms with van der Waals surface area (Å²) >= 11 is 0. The summed E-state index contributed by atoms with van der Waals surface area (Å²) in [5, 5.41) is 9.75. The Labute approximate surface area is 114 Å². The Morgan fingerprint density at radius 3 is 2.45 bits per heavy atom. The Kier molecular flexibility index (Phi) is 4.39. The SMILES string of the molecule is CCCNC(c1ccc(C(F)(F)F)cc1)c1ncn[nH]1. The van der Waals surface area contributed by atoms with Gasteiger partial charge in [0.25, 0.3) is 0 Å². The monoisotopic (exact) mass is 284 g/mol. The van der Waals surface area contributed by atoms with Crippen LogP contribution >= 0.6 is 0 Å². The molecule has 2 N–H and O–H groups in total. The van der Waals surface area contributed by atoms with E-state index < -0.39 is 11.7 Å². The Bertz CT molecular complexity index is 520. The van der Waals surface area contributed by atoms with E-state index in [1.165, 1.54) is 18.5 Å². The van der Waals surface area contributed by atoms with Crippen LogP contribution in [-0.2, 0) is 6.18 Å². The molecule has 7 heteroatoms. The molecule has 0 saturated heterocycles. The first-order valence-corrected chi connectivity index (χ1v) is 6.28. The van der Waals surface area contributed by atoms with Gasteiger partial charge in [0.2, 0.25) is 0 Å². The van der Waals surface area contributed by atoms with Crippen molar-refractivity contribution in [2.45, 2.75) is 25.6 Å². The molecule has 108 valence electrons. The summed E-state index contributed by atoms with van der Waals surface area (Å²) < 4.78 is 37.7. The molecule has 0 aliphatic heterocycles. The molecule has 20 heavy (non-hydrogen) atoms. The first kappa shape index (κ1) is 14.5. The maximum atomic E-state index is 12.6. The summed E-state index contributed by atoms with van der Waals surface area (Å²) in [6, 6.07) is 4.77. The molecule has 1 atom stereocenters. The lowest BCUT2D eigenvalue weighted by Gasteiger charge is -2.17. The van der Waals surface area contributed by atoms with Gasteiger partial charge in [-0.1, -0.05) is 19.1 Å². The topological polar surface area (TPSA) is 53.6 Å². The lowest BCUT2D eigenvalue weighted by atomic mass is 10.0. The second kappa shape index (κ2) is 6.04. The van der Waals surface area contributed by atoms with E-state index in [9.17, 15) is 13.2 Å². The molecule has 1 aromatic heterocycles. The minimum Gasteiger partial charge on any atom is -0.304 e. The van der Waals surface area contributed by atoms with Crippen LogP contribution < -0.4 is 5.32 Å². The van der Waals surface area contributed by atoms with Gasteiger partial charge in [-0.2, -0.15) is 18.3 Å². The second-order valence-corrected chi connectivity index (χ2v) is 4.38. The fraction of sp³-hybridized carbons (Fsp3) is 0.385. The average Bonchev–Trinajstić information content (AvgIpc) is 2.93. The first-order valence-electron chi connectivity index (χ1n) is 6.28. The molecule has 0 amide bonds. The van der Waals surface area contributed by atoms with Crippen molar-refractivity contribution in [1.29, 1.82) is 0 Å². The Morgan fingerprint density at radius 2 is 1.95 bits per heavy atom. The largest absolute Gasteiger partial charge is 0.416 e. The standard InChI is InChI=1S/C13H15F3N4/c1-2-7-17-11(12-18-8-19-20-12)9-3-5-10(6-4-9)13(14,15)16/h3-6,8,11,17H,2,7H2,1H3,(H,18,19,20). The molecule has 2 rings (SSSR count). The zero-order chi connectivity index (χ0) is 14.6. The van der Waals surface area contributed by atoms with Gasteiger partial charge in [-0.05, 0) is 30.7 Å². The highest BCUT2D eigenvalue weighted by Crippen LogP contribution is 2.30. The molecule has 2 aromatic rings. The lowest BCUT2D eigenvalue weighted by molar-refractivity contribution is -0.137. The third-order valence-electron chi connectivity index (χ3n) is 2.88. The number of nitrogens with zero attached hydrogens (tertiary/aromatic N) is 2. The van der Waals surface area contributed by atoms with E-state index in [-0.39, 0.29) is 6.04 Å². The quantitative estimate of drug-likeness (QED) is 0.887. The van der Waals surface area contributed by atoms with Crippen LogP contribution in [0.2, 0.25) is 0 Å². The molecule has 0 radical (unpaired) electrons. The maximum Gasteiger partial charge on any atom is 0.416 e. The molecule has 1 unspecified atom stereocenters. The van der Waals surface area contributed by atoms with Crippen molar-refractivity contribution < 1.29 is 13.2 Å². The van der Waals surface area contributed by atoms with Crippen molar-refractivity contribution >= 4 is 0 Å². The van der Waals surface area contributed by atoms with E-state index in [4.69, 9.17) is 0 Å². The van der Waals surface area contributed by atoms with Crippen molar-refractivity contribution in [2.75, 3.05) is 6.54 Å². The van der Waals surface area contributed by atoms with Crippen LogP contribution in [0.5, 0.6) is 0 Å². The number of aromatic amines is 1. The zero-order valence-corrected chi connectivity index (χ0v) is 10.9. The highest BCUT2D eigenvalue weighted by Gasteiger charge is 2.30. The summed E-state index contributed by atoms with van der Waals surface area (Å²) in [6.45, 7) is 2.74. The molecule has 0 saturated carbocycles. The summed E-state index contributed by atoms with van der Waals surface area (Å²) in [5.74, 6) is 0.582. The molecule has 0 aliphatic rings. The number of rotatable bonds is 5. The van der Waals surface area contributed by atoms with Crippen LogP contribution in [0.3, 0.4) is 0 Å². The highest BCUT2D eigenvalue weighted by molar-refractivity contribution is 5.29. The number of alkyl halides is 3. The van der Waals surface area contributed by atoms with Crippen LogP contribution in [0.25, 0.3) is 0 Å². The van der Waals surface area contributed by atoms with E-state index >= 15 is 0 Å². The fourth-order valence-corrected chi connectivity index (χ4v) is 1.88. The zero-order valence-electron chi connectivity index (χ0n) is 10.9. The van der Waals surface area contributed by atoms with Crippen molar-refractivity contribution in [1.82, 2.24) is 20.5 Å². The van der Waals surface area contributed by atoms with E-state index in [1.54, 1.807) is 0 Å². The molecule has 0 aliphatic carbocycles. The van der Waals surface area contributed by atoms with Crippen molar-refractivity contribution in [3.8, 4) is 0 Å². The fourth-order valence-electron chi connectivity index (χ4n) is 1.88. The van der Waals surface area contributed by atoms with E-state index in [0.717, 1.165) is 25.1 Å². The van der Waals surface area contributed by atoms with Gasteiger partial charge in [0.05, 0.1) is 11.6 Å².